The quantitative estimate of drug-likeness (QED) is 0.840. The van der Waals surface area contributed by atoms with E-state index in [-0.39, 0.29) is 23.5 Å². The summed E-state index contributed by atoms with van der Waals surface area (Å²) in [5.74, 6) is 0. The molecule has 0 saturated carbocycles. The number of aryl methyl sites for hydroxylation is 1. The van der Waals surface area contributed by atoms with Crippen LogP contribution in [0.25, 0.3) is 0 Å². The molecule has 2 heterocycles. The summed E-state index contributed by atoms with van der Waals surface area (Å²) in [7, 11) is -3.44. The lowest BCUT2D eigenvalue weighted by Gasteiger charge is -2.23. The molecule has 0 atom stereocenters. The highest BCUT2D eigenvalue weighted by Gasteiger charge is 2.24. The standard InChI is InChI=1S/C10H18N4O2S.ClH/c1-2-14-10(5-8-12-14)17(15,16)13-9-3-6-11-7-4-9;/h5,8-9,11,13H,2-4,6-7H2,1H3;1H. The molecule has 0 spiro atoms. The van der Waals surface area contributed by atoms with Crippen LogP contribution in [0.3, 0.4) is 0 Å². The summed E-state index contributed by atoms with van der Waals surface area (Å²) in [4.78, 5) is 0. The molecule has 18 heavy (non-hydrogen) atoms. The van der Waals surface area contributed by atoms with E-state index in [0.29, 0.717) is 6.54 Å². The van der Waals surface area contributed by atoms with Gasteiger partial charge in [-0.1, -0.05) is 0 Å². The van der Waals surface area contributed by atoms with Gasteiger partial charge < -0.3 is 5.32 Å². The van der Waals surface area contributed by atoms with Gasteiger partial charge in [-0.3, -0.25) is 4.68 Å². The molecule has 1 saturated heterocycles. The van der Waals surface area contributed by atoms with E-state index in [1.165, 1.54) is 16.9 Å². The first-order valence-electron chi connectivity index (χ1n) is 5.88. The minimum absolute atomic E-state index is 0. The highest BCUT2D eigenvalue weighted by molar-refractivity contribution is 7.89. The Morgan fingerprint density at radius 1 is 1.50 bits per heavy atom. The summed E-state index contributed by atoms with van der Waals surface area (Å²) in [6, 6.07) is 1.56. The van der Waals surface area contributed by atoms with E-state index in [9.17, 15) is 8.42 Å². The molecule has 1 aliphatic heterocycles. The molecule has 0 aromatic carbocycles. The van der Waals surface area contributed by atoms with Crippen LogP contribution in [0.15, 0.2) is 17.3 Å². The normalized spacial score (nSPS) is 17.4. The van der Waals surface area contributed by atoms with E-state index in [1.54, 1.807) is 0 Å². The zero-order valence-electron chi connectivity index (χ0n) is 10.3. The van der Waals surface area contributed by atoms with Crippen molar-refractivity contribution in [3.8, 4) is 0 Å². The van der Waals surface area contributed by atoms with Gasteiger partial charge in [0.05, 0.1) is 6.20 Å². The molecule has 1 fully saturated rings. The fraction of sp³-hybridized carbons (Fsp3) is 0.700. The maximum atomic E-state index is 12.1. The Hall–Kier alpha value is -0.630. The number of sulfonamides is 1. The predicted molar refractivity (Wildman–Crippen MR) is 71.4 cm³/mol. The second-order valence-electron chi connectivity index (χ2n) is 4.13. The Bertz CT molecular complexity index is 468. The fourth-order valence-electron chi connectivity index (χ4n) is 2.01. The Balaban J connectivity index is 0.00000162. The third-order valence-corrected chi connectivity index (χ3v) is 4.45. The molecular formula is C10H19ClN4O2S. The van der Waals surface area contributed by atoms with Gasteiger partial charge in [0.25, 0.3) is 10.0 Å². The van der Waals surface area contributed by atoms with Gasteiger partial charge in [0.15, 0.2) is 5.03 Å². The molecule has 6 nitrogen and oxygen atoms in total. The minimum atomic E-state index is -3.44. The van der Waals surface area contributed by atoms with Crippen LogP contribution in [0.2, 0.25) is 0 Å². The summed E-state index contributed by atoms with van der Waals surface area (Å²) >= 11 is 0. The number of halogens is 1. The average Bonchev–Trinajstić information content (AvgIpc) is 2.78. The van der Waals surface area contributed by atoms with Crippen molar-refractivity contribution in [1.82, 2.24) is 19.8 Å². The van der Waals surface area contributed by atoms with E-state index < -0.39 is 10.0 Å². The molecule has 8 heteroatoms. The first-order valence-corrected chi connectivity index (χ1v) is 7.36. The number of nitrogens with one attached hydrogen (secondary N) is 2. The number of hydrogen-bond acceptors (Lipinski definition) is 4. The van der Waals surface area contributed by atoms with Crippen LogP contribution in [0.5, 0.6) is 0 Å². The number of nitrogens with zero attached hydrogens (tertiary/aromatic N) is 2. The van der Waals surface area contributed by atoms with Crippen LogP contribution < -0.4 is 10.0 Å². The first-order chi connectivity index (χ1) is 8.13. The largest absolute Gasteiger partial charge is 0.317 e. The molecule has 0 radical (unpaired) electrons. The van der Waals surface area contributed by atoms with Crippen LogP contribution in [0.1, 0.15) is 19.8 Å². The monoisotopic (exact) mass is 294 g/mol. The molecule has 0 bridgehead atoms. The molecular weight excluding hydrogens is 276 g/mol. The Kier molecular flexibility index (Phi) is 5.58. The smallest absolute Gasteiger partial charge is 0.257 e. The van der Waals surface area contributed by atoms with Crippen LogP contribution in [-0.4, -0.2) is 37.3 Å². The van der Waals surface area contributed by atoms with Crippen molar-refractivity contribution in [2.24, 2.45) is 0 Å². The predicted octanol–water partition coefficient (Wildman–Crippen LogP) is 0.355. The van der Waals surface area contributed by atoms with Gasteiger partial charge in [-0.2, -0.15) is 5.10 Å². The topological polar surface area (TPSA) is 76.0 Å². The number of piperidine rings is 1. The van der Waals surface area contributed by atoms with Gasteiger partial charge in [-0.25, -0.2) is 13.1 Å². The zero-order valence-corrected chi connectivity index (χ0v) is 11.9. The summed E-state index contributed by atoms with van der Waals surface area (Å²) in [6.45, 7) is 4.15. The van der Waals surface area contributed by atoms with Gasteiger partial charge in [0.1, 0.15) is 0 Å². The van der Waals surface area contributed by atoms with Crippen molar-refractivity contribution in [2.45, 2.75) is 37.4 Å². The summed E-state index contributed by atoms with van der Waals surface area (Å²) in [5.41, 5.74) is 0. The van der Waals surface area contributed by atoms with E-state index in [1.807, 2.05) is 6.92 Å². The highest BCUT2D eigenvalue weighted by atomic mass is 35.5. The van der Waals surface area contributed by atoms with Crippen LogP contribution in [0, 0.1) is 0 Å². The molecule has 0 amide bonds. The van der Waals surface area contributed by atoms with E-state index >= 15 is 0 Å². The maximum Gasteiger partial charge on any atom is 0.257 e. The van der Waals surface area contributed by atoms with Gasteiger partial charge >= 0.3 is 0 Å². The third-order valence-electron chi connectivity index (χ3n) is 2.91. The zero-order chi connectivity index (χ0) is 12.3. The summed E-state index contributed by atoms with van der Waals surface area (Å²) in [6.07, 6.45) is 3.18. The average molecular weight is 295 g/mol. The van der Waals surface area contributed by atoms with Crippen molar-refractivity contribution < 1.29 is 8.42 Å². The van der Waals surface area contributed by atoms with Crippen LogP contribution >= 0.6 is 12.4 Å². The van der Waals surface area contributed by atoms with Gasteiger partial charge in [0.2, 0.25) is 0 Å². The maximum absolute atomic E-state index is 12.1. The third kappa shape index (κ3) is 3.44. The van der Waals surface area contributed by atoms with Crippen molar-refractivity contribution >= 4 is 22.4 Å². The summed E-state index contributed by atoms with van der Waals surface area (Å²) < 4.78 is 28.5. The van der Waals surface area contributed by atoms with Gasteiger partial charge in [-0.05, 0) is 38.9 Å². The van der Waals surface area contributed by atoms with Crippen molar-refractivity contribution in [3.63, 3.8) is 0 Å². The Morgan fingerprint density at radius 2 is 2.17 bits per heavy atom. The van der Waals surface area contributed by atoms with Crippen LogP contribution in [0.4, 0.5) is 0 Å². The molecule has 0 unspecified atom stereocenters. The van der Waals surface area contributed by atoms with Crippen molar-refractivity contribution in [2.75, 3.05) is 13.1 Å². The molecule has 2 N–H and O–H groups in total. The molecule has 0 aliphatic carbocycles. The Labute approximate surface area is 114 Å². The minimum Gasteiger partial charge on any atom is -0.317 e. The Morgan fingerprint density at radius 3 is 2.78 bits per heavy atom. The van der Waals surface area contributed by atoms with Crippen LogP contribution in [-0.2, 0) is 16.6 Å². The molecule has 1 aliphatic rings. The summed E-state index contributed by atoms with van der Waals surface area (Å²) in [5, 5.41) is 7.43. The molecule has 1 aromatic rings. The first kappa shape index (κ1) is 15.4. The van der Waals surface area contributed by atoms with E-state index in [2.05, 4.69) is 15.1 Å². The second-order valence-corrected chi connectivity index (χ2v) is 5.79. The van der Waals surface area contributed by atoms with Gasteiger partial charge in [0, 0.05) is 12.6 Å². The highest BCUT2D eigenvalue weighted by Crippen LogP contribution is 2.11. The van der Waals surface area contributed by atoms with E-state index in [4.69, 9.17) is 0 Å². The fourth-order valence-corrected chi connectivity index (χ4v) is 3.49. The number of hydrogen-bond donors (Lipinski definition) is 2. The van der Waals surface area contributed by atoms with E-state index in [0.717, 1.165) is 25.9 Å². The molecule has 1 aromatic heterocycles. The lowest BCUT2D eigenvalue weighted by molar-refractivity contribution is 0.424. The molecule has 104 valence electrons. The molecule has 2 rings (SSSR count). The second kappa shape index (κ2) is 6.51. The lowest BCUT2D eigenvalue weighted by Crippen LogP contribution is -2.43. The van der Waals surface area contributed by atoms with Gasteiger partial charge in [-0.15, -0.1) is 12.4 Å². The number of aromatic nitrogens is 2. The SMILES string of the molecule is CCn1nccc1S(=O)(=O)NC1CCNCC1.Cl. The number of rotatable bonds is 4. The van der Waals surface area contributed by atoms with Crippen molar-refractivity contribution in [1.29, 1.82) is 0 Å². The van der Waals surface area contributed by atoms with Crippen molar-refractivity contribution in [3.05, 3.63) is 12.3 Å². The lowest BCUT2D eigenvalue weighted by atomic mass is 10.1.